The van der Waals surface area contributed by atoms with Crippen molar-refractivity contribution >= 4 is 113 Å². The normalized spacial score (nSPS) is 11.9. The van der Waals surface area contributed by atoms with Crippen molar-refractivity contribution in [2.24, 2.45) is 0 Å². The van der Waals surface area contributed by atoms with Crippen LogP contribution in [0.15, 0.2) is 315 Å². The maximum atomic E-state index is 2.50. The topological polar surface area (TPSA) is 0 Å². The smallest absolute Gasteiger partial charge is 0.135 e. The van der Waals surface area contributed by atoms with Crippen LogP contribution in [0.4, 0.5) is 0 Å². The highest BCUT2D eigenvalue weighted by molar-refractivity contribution is 7.27. The molecule has 2 aromatic heterocycles. The average Bonchev–Trinajstić information content (AvgIpc) is 3.61. The molecule has 0 fully saturated rings. The van der Waals surface area contributed by atoms with E-state index in [2.05, 4.69) is 315 Å². The molecule has 3 heteroatoms. The third-order valence-electron chi connectivity index (χ3n) is 17.2. The fraction of sp³-hybridized carbons (Fsp3) is 0. The van der Waals surface area contributed by atoms with Crippen LogP contribution in [0.1, 0.15) is 0 Å². The fourth-order valence-corrected chi connectivity index (χ4v) is 20.2. The van der Waals surface area contributed by atoms with Crippen LogP contribution in [0, 0.1) is 0 Å². The van der Waals surface area contributed by atoms with E-state index in [4.69, 9.17) is 0 Å². The Labute approximate surface area is 492 Å². The molecule has 0 atom stereocenters. The molecule has 388 valence electrons. The molecule has 0 aliphatic rings. The highest BCUT2D eigenvalue weighted by Gasteiger charge is 2.42. The van der Waals surface area contributed by atoms with Crippen LogP contribution in [0.2, 0.25) is 0 Å². The van der Waals surface area contributed by atoms with Crippen LogP contribution >= 0.6 is 22.7 Å². The van der Waals surface area contributed by atoms with Gasteiger partial charge in [0.1, 0.15) is 0 Å². The number of thiophene rings is 2. The van der Waals surface area contributed by atoms with Gasteiger partial charge in [-0.1, -0.05) is 267 Å². The lowest BCUT2D eigenvalue weighted by atomic mass is 9.95. The first-order chi connectivity index (χ1) is 41.1. The first kappa shape index (κ1) is 49.1. The van der Waals surface area contributed by atoms with E-state index in [-0.39, 0.29) is 0 Å². The van der Waals surface area contributed by atoms with Gasteiger partial charge in [-0.2, -0.15) is 0 Å². The standard InChI is InChI=1S/C80H52S2Si/c1-5-17-53(18-6-1)63-35-43-77-73(47-63)75-51-65(55-21-9-3-10-22-55)49-71(79(75)81-77)59-31-37-67(38-32-59)83(69-41-29-57-25-13-15-27-61(57)45-69,70-42-30-58-26-14-16-28-62(58)46-70)68-39-33-60(34-40-68)72-50-66(56-23-11-4-12-24-56)52-76-74-48-64(54-19-7-2-8-20-54)36-44-78(74)82-80(72)76/h1-52H. The monoisotopic (exact) mass is 1100 g/mol. The largest absolute Gasteiger partial charge is 0.179 e. The summed E-state index contributed by atoms with van der Waals surface area (Å²) in [5.41, 5.74) is 14.7. The van der Waals surface area contributed by atoms with Crippen molar-refractivity contribution < 1.29 is 0 Å². The zero-order valence-electron chi connectivity index (χ0n) is 45.3. The summed E-state index contributed by atoms with van der Waals surface area (Å²) in [7, 11) is -3.14. The average molecular weight is 1110 g/mol. The van der Waals surface area contributed by atoms with Gasteiger partial charge in [-0.3, -0.25) is 0 Å². The molecule has 0 aliphatic carbocycles. The predicted molar refractivity (Wildman–Crippen MR) is 363 cm³/mol. The Hall–Kier alpha value is -9.74. The first-order valence-corrected chi connectivity index (χ1v) is 32.2. The van der Waals surface area contributed by atoms with Crippen LogP contribution < -0.4 is 20.7 Å². The molecule has 0 saturated carbocycles. The second-order valence-electron chi connectivity index (χ2n) is 21.9. The van der Waals surface area contributed by atoms with Crippen molar-refractivity contribution in [1.29, 1.82) is 0 Å². The van der Waals surface area contributed by atoms with E-state index in [9.17, 15) is 0 Å². The van der Waals surface area contributed by atoms with E-state index in [1.807, 2.05) is 22.7 Å². The van der Waals surface area contributed by atoms with Gasteiger partial charge in [-0.05, 0) is 146 Å². The lowest BCUT2D eigenvalue weighted by molar-refractivity contribution is 1.63. The molecule has 16 aromatic rings. The van der Waals surface area contributed by atoms with Crippen molar-refractivity contribution in [2.75, 3.05) is 0 Å². The van der Waals surface area contributed by atoms with Gasteiger partial charge < -0.3 is 0 Å². The van der Waals surface area contributed by atoms with Gasteiger partial charge >= 0.3 is 0 Å². The SMILES string of the molecule is c1ccc(-c2ccc3sc4c(-c5ccc([Si](c6ccc(-c7cc(-c8ccccc8)cc8c7sc7ccc(-c9ccccc9)cc78)cc6)(c6ccc7ccccc7c6)c6ccc7ccccc7c6)cc5)cc(-c5ccccc5)cc4c3c2)cc1. The summed E-state index contributed by atoms with van der Waals surface area (Å²) in [5.74, 6) is 0. The van der Waals surface area contributed by atoms with Crippen LogP contribution in [0.25, 0.3) is 129 Å². The van der Waals surface area contributed by atoms with Gasteiger partial charge in [0.05, 0.1) is 0 Å². The number of fused-ring (bicyclic) bond motifs is 8. The summed E-state index contributed by atoms with van der Waals surface area (Å²) in [6.45, 7) is 0. The Balaban J connectivity index is 0.909. The Morgan fingerprint density at radius 1 is 0.193 bits per heavy atom. The van der Waals surface area contributed by atoms with Crippen molar-refractivity contribution in [3.05, 3.63) is 315 Å². The van der Waals surface area contributed by atoms with Crippen LogP contribution in [0.3, 0.4) is 0 Å². The molecule has 0 radical (unpaired) electrons. The highest BCUT2D eigenvalue weighted by Crippen LogP contribution is 2.46. The van der Waals surface area contributed by atoms with Gasteiger partial charge in [0.25, 0.3) is 0 Å². The summed E-state index contributed by atoms with van der Waals surface area (Å²) < 4.78 is 5.20. The van der Waals surface area contributed by atoms with E-state index < -0.39 is 8.07 Å². The Morgan fingerprint density at radius 3 is 0.892 bits per heavy atom. The predicted octanol–water partition coefficient (Wildman–Crippen LogP) is 20.1. The van der Waals surface area contributed by atoms with Crippen LogP contribution in [-0.2, 0) is 0 Å². The summed E-state index contributed by atoms with van der Waals surface area (Å²) >= 11 is 3.81. The third kappa shape index (κ3) is 8.55. The molecule has 0 bridgehead atoms. The molecule has 14 aromatic carbocycles. The van der Waals surface area contributed by atoms with Crippen molar-refractivity contribution in [3.63, 3.8) is 0 Å². The minimum Gasteiger partial charge on any atom is -0.135 e. The Bertz CT molecular complexity index is 4780. The van der Waals surface area contributed by atoms with Crippen LogP contribution in [0.5, 0.6) is 0 Å². The van der Waals surface area contributed by atoms with E-state index in [0.717, 1.165) is 0 Å². The number of hydrogen-bond acceptors (Lipinski definition) is 2. The van der Waals surface area contributed by atoms with E-state index >= 15 is 0 Å². The molecule has 2 heterocycles. The first-order valence-electron chi connectivity index (χ1n) is 28.5. The Morgan fingerprint density at radius 2 is 0.506 bits per heavy atom. The van der Waals surface area contributed by atoms with Gasteiger partial charge in [-0.15, -0.1) is 22.7 Å². The molecule has 16 rings (SSSR count). The van der Waals surface area contributed by atoms with Gasteiger partial charge in [0, 0.05) is 51.5 Å². The maximum absolute atomic E-state index is 3.14. The van der Waals surface area contributed by atoms with E-state index in [1.165, 1.54) is 149 Å². The summed E-state index contributed by atoms with van der Waals surface area (Å²) in [4.78, 5) is 0. The van der Waals surface area contributed by atoms with Crippen LogP contribution in [-0.4, -0.2) is 8.07 Å². The molecule has 0 saturated heterocycles. The number of rotatable bonds is 10. The molecule has 0 unspecified atom stereocenters. The summed E-state index contributed by atoms with van der Waals surface area (Å²) in [6.07, 6.45) is 0. The quantitative estimate of drug-likeness (QED) is 0.0946. The molecule has 0 spiro atoms. The lowest BCUT2D eigenvalue weighted by Crippen LogP contribution is -2.74. The fourth-order valence-electron chi connectivity index (χ4n) is 13.0. The third-order valence-corrected chi connectivity index (χ3v) is 24.4. The minimum absolute atomic E-state index is 1.21. The molecule has 0 nitrogen and oxygen atoms in total. The Kier molecular flexibility index (Phi) is 12.0. The molecule has 0 amide bonds. The second kappa shape index (κ2) is 20.4. The molecular weight excluding hydrogens is 1050 g/mol. The molecule has 0 N–H and O–H groups in total. The molecule has 0 aliphatic heterocycles. The molecule has 83 heavy (non-hydrogen) atoms. The second-order valence-corrected chi connectivity index (χ2v) is 27.8. The van der Waals surface area contributed by atoms with Gasteiger partial charge in [0.15, 0.2) is 8.07 Å². The maximum Gasteiger partial charge on any atom is 0.179 e. The van der Waals surface area contributed by atoms with Crippen molar-refractivity contribution in [3.8, 4) is 66.8 Å². The van der Waals surface area contributed by atoms with E-state index in [1.54, 1.807) is 0 Å². The number of benzene rings is 14. The van der Waals surface area contributed by atoms with Crippen molar-refractivity contribution in [1.82, 2.24) is 0 Å². The summed E-state index contributed by atoms with van der Waals surface area (Å²) in [6, 6.07) is 119. The minimum atomic E-state index is -3.14. The molecular formula is C80H52S2Si. The highest BCUT2D eigenvalue weighted by atomic mass is 32.1. The lowest BCUT2D eigenvalue weighted by Gasteiger charge is -2.35. The van der Waals surface area contributed by atoms with Crippen molar-refractivity contribution in [2.45, 2.75) is 0 Å². The number of hydrogen-bond donors (Lipinski definition) is 0. The summed E-state index contributed by atoms with van der Waals surface area (Å²) in [5, 5.41) is 15.5. The van der Waals surface area contributed by atoms with E-state index in [0.29, 0.717) is 0 Å². The zero-order valence-corrected chi connectivity index (χ0v) is 48.0. The van der Waals surface area contributed by atoms with Gasteiger partial charge in [0.2, 0.25) is 0 Å². The van der Waals surface area contributed by atoms with Gasteiger partial charge in [-0.25, -0.2) is 0 Å². The zero-order chi connectivity index (χ0) is 54.8.